The van der Waals surface area contributed by atoms with E-state index in [0.717, 1.165) is 13.2 Å². The van der Waals surface area contributed by atoms with Crippen LogP contribution in [0.3, 0.4) is 0 Å². The van der Waals surface area contributed by atoms with Gasteiger partial charge < -0.3 is 4.79 Å². The number of ketones is 2. The van der Waals surface area contributed by atoms with E-state index >= 15 is 0 Å². The fourth-order valence-electron chi connectivity index (χ4n) is 0.762. The van der Waals surface area contributed by atoms with Crippen molar-refractivity contribution < 1.29 is 22.8 Å². The molecular weight excluding hydrogens is 196 g/mol. The molecule has 0 radical (unpaired) electrons. The van der Waals surface area contributed by atoms with Gasteiger partial charge in [0.15, 0.2) is 20.9 Å². The number of hydrogen-bond acceptors (Lipinski definition) is 5. The molecular formula is C7H10O5S. The van der Waals surface area contributed by atoms with Crippen molar-refractivity contribution in [2.75, 3.05) is 6.26 Å². The maximum absolute atomic E-state index is 11.0. The Morgan fingerprint density at radius 2 is 1.85 bits per heavy atom. The highest BCUT2D eigenvalue weighted by atomic mass is 32.2. The van der Waals surface area contributed by atoms with Crippen LogP contribution in [0.1, 0.15) is 13.3 Å². The first kappa shape index (κ1) is 12.0. The Balaban J connectivity index is 4.72. The van der Waals surface area contributed by atoms with Crippen molar-refractivity contribution in [2.24, 2.45) is 0 Å². The van der Waals surface area contributed by atoms with Crippen molar-refractivity contribution >= 4 is 27.7 Å². The summed E-state index contributed by atoms with van der Waals surface area (Å²) >= 11 is 0. The highest BCUT2D eigenvalue weighted by molar-refractivity contribution is 7.92. The Morgan fingerprint density at radius 3 is 2.08 bits per heavy atom. The van der Waals surface area contributed by atoms with Gasteiger partial charge in [0, 0.05) is 6.26 Å². The zero-order chi connectivity index (χ0) is 10.6. The van der Waals surface area contributed by atoms with Gasteiger partial charge in [-0.3, -0.25) is 9.59 Å². The van der Waals surface area contributed by atoms with Crippen LogP contribution in [0.2, 0.25) is 0 Å². The molecule has 0 aliphatic carbocycles. The largest absolute Gasteiger partial charge is 0.301 e. The van der Waals surface area contributed by atoms with Crippen molar-refractivity contribution in [1.29, 1.82) is 0 Å². The molecule has 74 valence electrons. The summed E-state index contributed by atoms with van der Waals surface area (Å²) in [6, 6.07) is 0. The third-order valence-corrected chi connectivity index (χ3v) is 2.62. The Labute approximate surface area is 76.0 Å². The van der Waals surface area contributed by atoms with Crippen molar-refractivity contribution in [1.82, 2.24) is 0 Å². The van der Waals surface area contributed by atoms with Gasteiger partial charge >= 0.3 is 0 Å². The summed E-state index contributed by atoms with van der Waals surface area (Å²) in [5.41, 5.74) is 0. The van der Waals surface area contributed by atoms with Crippen molar-refractivity contribution in [3.63, 3.8) is 0 Å². The van der Waals surface area contributed by atoms with Gasteiger partial charge in [0.25, 0.3) is 0 Å². The normalized spacial score (nSPS) is 13.4. The van der Waals surface area contributed by atoms with Crippen LogP contribution in [0.4, 0.5) is 0 Å². The van der Waals surface area contributed by atoms with E-state index in [2.05, 4.69) is 0 Å². The molecule has 0 saturated carbocycles. The zero-order valence-electron chi connectivity index (χ0n) is 7.31. The molecule has 0 aromatic heterocycles. The summed E-state index contributed by atoms with van der Waals surface area (Å²) in [4.78, 5) is 31.7. The predicted octanol–water partition coefficient (Wildman–Crippen LogP) is -0.853. The van der Waals surface area contributed by atoms with E-state index in [1.54, 1.807) is 0 Å². The molecule has 1 unspecified atom stereocenters. The van der Waals surface area contributed by atoms with Crippen LogP contribution in [0.5, 0.6) is 0 Å². The topological polar surface area (TPSA) is 85.3 Å². The first-order chi connectivity index (χ1) is 5.79. The molecule has 0 fully saturated rings. The van der Waals surface area contributed by atoms with Crippen LogP contribution in [0.25, 0.3) is 0 Å². The van der Waals surface area contributed by atoms with E-state index < -0.39 is 33.1 Å². The molecule has 0 amide bonds. The molecule has 0 rings (SSSR count). The lowest BCUT2D eigenvalue weighted by Gasteiger charge is -2.04. The lowest BCUT2D eigenvalue weighted by atomic mass is 10.2. The summed E-state index contributed by atoms with van der Waals surface area (Å²) in [7, 11) is -3.73. The molecule has 0 N–H and O–H groups in total. The molecule has 5 nitrogen and oxygen atoms in total. The number of Topliss-reactive ketones (excluding diaryl/α,β-unsaturated/α-hetero) is 2. The number of sulfone groups is 1. The van der Waals surface area contributed by atoms with Gasteiger partial charge in [0.2, 0.25) is 0 Å². The van der Waals surface area contributed by atoms with Gasteiger partial charge in [0.05, 0.1) is 6.42 Å². The van der Waals surface area contributed by atoms with Crippen LogP contribution >= 0.6 is 0 Å². The maximum atomic E-state index is 11.0. The van der Waals surface area contributed by atoms with Gasteiger partial charge in [0.1, 0.15) is 12.1 Å². The molecule has 0 bridgehead atoms. The second kappa shape index (κ2) is 4.27. The summed E-state index contributed by atoms with van der Waals surface area (Å²) in [5.74, 6) is -1.33. The lowest BCUT2D eigenvalue weighted by molar-refractivity contribution is -0.126. The van der Waals surface area contributed by atoms with Gasteiger partial charge in [-0.05, 0) is 6.92 Å². The van der Waals surface area contributed by atoms with E-state index in [9.17, 15) is 22.8 Å². The molecule has 13 heavy (non-hydrogen) atoms. The van der Waals surface area contributed by atoms with E-state index in [1.807, 2.05) is 0 Å². The Bertz CT molecular complexity index is 327. The first-order valence-electron chi connectivity index (χ1n) is 3.45. The Kier molecular flexibility index (Phi) is 3.93. The quantitative estimate of drug-likeness (QED) is 0.432. The Morgan fingerprint density at radius 1 is 1.38 bits per heavy atom. The maximum Gasteiger partial charge on any atom is 0.175 e. The fourth-order valence-corrected chi connectivity index (χ4v) is 1.52. The second-order valence-corrected chi connectivity index (χ2v) is 4.90. The summed E-state index contributed by atoms with van der Waals surface area (Å²) in [5, 5.41) is -1.70. The van der Waals surface area contributed by atoms with Crippen LogP contribution < -0.4 is 0 Å². The summed E-state index contributed by atoms with van der Waals surface area (Å²) in [6.45, 7) is 1.15. The van der Waals surface area contributed by atoms with Crippen molar-refractivity contribution in [2.45, 2.75) is 18.6 Å². The summed E-state index contributed by atoms with van der Waals surface area (Å²) in [6.07, 6.45) is 0.307. The van der Waals surface area contributed by atoms with E-state index in [4.69, 9.17) is 0 Å². The molecule has 0 spiro atoms. The van der Waals surface area contributed by atoms with Gasteiger partial charge in [-0.1, -0.05) is 0 Å². The molecule has 0 aromatic rings. The molecule has 0 aromatic carbocycles. The summed E-state index contributed by atoms with van der Waals surface area (Å²) < 4.78 is 21.6. The van der Waals surface area contributed by atoms with E-state index in [-0.39, 0.29) is 6.29 Å². The number of carbonyl (C=O) groups is 3. The number of carbonyl (C=O) groups excluding carboxylic acids is 3. The zero-order valence-corrected chi connectivity index (χ0v) is 8.13. The molecule has 1 atom stereocenters. The second-order valence-electron chi connectivity index (χ2n) is 2.73. The van der Waals surface area contributed by atoms with E-state index in [1.165, 1.54) is 0 Å². The molecule has 0 aliphatic rings. The molecule has 6 heteroatoms. The van der Waals surface area contributed by atoms with Gasteiger partial charge in [-0.25, -0.2) is 8.42 Å². The Hall–Kier alpha value is -1.04. The molecule has 0 heterocycles. The van der Waals surface area contributed by atoms with Crippen molar-refractivity contribution in [3.8, 4) is 0 Å². The highest BCUT2D eigenvalue weighted by Gasteiger charge is 2.28. The van der Waals surface area contributed by atoms with E-state index in [0.29, 0.717) is 0 Å². The average molecular weight is 206 g/mol. The third kappa shape index (κ3) is 3.93. The van der Waals surface area contributed by atoms with Crippen LogP contribution in [0, 0.1) is 0 Å². The number of hydrogen-bond donors (Lipinski definition) is 0. The first-order valence-corrected chi connectivity index (χ1v) is 5.40. The molecule has 0 aliphatic heterocycles. The third-order valence-electron chi connectivity index (χ3n) is 1.33. The van der Waals surface area contributed by atoms with Crippen molar-refractivity contribution in [3.05, 3.63) is 0 Å². The minimum absolute atomic E-state index is 0.0423. The standard InChI is InChI=1S/C7H10O5S/c1-5(9)3-6(10)7(4-8)13(2,11)12/h4,7H,3H2,1-2H3. The average Bonchev–Trinajstić information content (AvgIpc) is 1.82. The van der Waals surface area contributed by atoms with Crippen LogP contribution in [-0.2, 0) is 24.2 Å². The smallest absolute Gasteiger partial charge is 0.175 e. The number of aldehydes is 1. The minimum Gasteiger partial charge on any atom is -0.301 e. The van der Waals surface area contributed by atoms with Crippen LogP contribution in [0.15, 0.2) is 0 Å². The predicted molar refractivity (Wildman–Crippen MR) is 45.0 cm³/mol. The molecule has 0 saturated heterocycles. The number of rotatable bonds is 5. The SMILES string of the molecule is CC(=O)CC(=O)C(C=O)S(C)(=O)=O. The minimum atomic E-state index is -3.73. The lowest BCUT2D eigenvalue weighted by Crippen LogP contribution is -2.32. The highest BCUT2D eigenvalue weighted by Crippen LogP contribution is 2.01. The van der Waals surface area contributed by atoms with Crippen LogP contribution in [-0.4, -0.2) is 37.8 Å². The monoisotopic (exact) mass is 206 g/mol. The van der Waals surface area contributed by atoms with Gasteiger partial charge in [-0.2, -0.15) is 0 Å². The van der Waals surface area contributed by atoms with Gasteiger partial charge in [-0.15, -0.1) is 0 Å². The fraction of sp³-hybridized carbons (Fsp3) is 0.571.